The van der Waals surface area contributed by atoms with E-state index in [1.165, 1.54) is 0 Å². The molecule has 1 aromatic heterocycles. The SMILES string of the molecule is Bc1c(C2(C(=O)N3CC(P)C(C)(I)C3)CCOCC2)ccc2[nH]c(CC3CCC(F)(P)CC3)nc12. The molecule has 10 heteroatoms. The lowest BCUT2D eigenvalue weighted by Gasteiger charge is -2.40. The van der Waals surface area contributed by atoms with Crippen LogP contribution in [0.25, 0.3) is 11.0 Å². The van der Waals surface area contributed by atoms with Gasteiger partial charge in [0.25, 0.3) is 0 Å². The molecule has 3 fully saturated rings. The van der Waals surface area contributed by atoms with Gasteiger partial charge in [-0.15, -0.1) is 9.24 Å². The first-order valence-electron chi connectivity index (χ1n) is 12.8. The molecule has 2 aliphatic heterocycles. The number of ether oxygens (including phenoxy) is 1. The van der Waals surface area contributed by atoms with Gasteiger partial charge < -0.3 is 14.6 Å². The number of H-pyrrole nitrogens is 1. The first kappa shape index (κ1) is 26.3. The van der Waals surface area contributed by atoms with Crippen LogP contribution < -0.4 is 5.46 Å². The molecular formula is C25H36BFIN3O2P2. The monoisotopic (exact) mass is 629 g/mol. The maximum Gasteiger partial charge on any atom is 0.233 e. The first-order chi connectivity index (χ1) is 16.5. The highest BCUT2D eigenvalue weighted by Gasteiger charge is 2.49. The van der Waals surface area contributed by atoms with Gasteiger partial charge in [-0.2, -0.15) is 0 Å². The summed E-state index contributed by atoms with van der Waals surface area (Å²) in [5.74, 6) is 1.67. The topological polar surface area (TPSA) is 58.2 Å². The van der Waals surface area contributed by atoms with Crippen molar-refractivity contribution in [2.45, 2.75) is 71.8 Å². The van der Waals surface area contributed by atoms with Gasteiger partial charge in [0.1, 0.15) is 19.1 Å². The molecule has 190 valence electrons. The molecule has 1 N–H and O–H groups in total. The number of hydrogen-bond acceptors (Lipinski definition) is 3. The van der Waals surface area contributed by atoms with Crippen LogP contribution in [0.1, 0.15) is 56.8 Å². The zero-order chi connectivity index (χ0) is 25.0. The van der Waals surface area contributed by atoms with Crippen molar-refractivity contribution in [2.75, 3.05) is 26.3 Å². The first-order valence-corrected chi connectivity index (χ1v) is 15.1. The number of carbonyl (C=O) groups excluding carboxylic acids is 1. The van der Waals surface area contributed by atoms with Gasteiger partial charge in [-0.3, -0.25) is 4.79 Å². The fraction of sp³-hybridized carbons (Fsp3) is 0.680. The van der Waals surface area contributed by atoms with E-state index in [2.05, 4.69) is 77.9 Å². The molecule has 4 unspecified atom stereocenters. The molecule has 1 amide bonds. The number of likely N-dealkylation sites (tertiary alicyclic amines) is 1. The van der Waals surface area contributed by atoms with Gasteiger partial charge in [0, 0.05) is 41.8 Å². The van der Waals surface area contributed by atoms with E-state index in [0.29, 0.717) is 50.5 Å². The molecule has 0 bridgehead atoms. The Morgan fingerprint density at radius 3 is 2.63 bits per heavy atom. The second-order valence-corrected chi connectivity index (χ2v) is 15.6. The summed E-state index contributed by atoms with van der Waals surface area (Å²) in [7, 11) is 7.44. The summed E-state index contributed by atoms with van der Waals surface area (Å²) < 4.78 is 20.0. The van der Waals surface area contributed by atoms with Crippen molar-refractivity contribution >= 4 is 71.3 Å². The lowest BCUT2D eigenvalue weighted by molar-refractivity contribution is -0.140. The van der Waals surface area contributed by atoms with Crippen LogP contribution in [0.4, 0.5) is 4.39 Å². The highest BCUT2D eigenvalue weighted by Crippen LogP contribution is 2.43. The molecule has 4 atom stereocenters. The van der Waals surface area contributed by atoms with Gasteiger partial charge in [-0.05, 0) is 63.0 Å². The third kappa shape index (κ3) is 5.08. The minimum Gasteiger partial charge on any atom is -0.381 e. The lowest BCUT2D eigenvalue weighted by Crippen LogP contribution is -2.51. The summed E-state index contributed by atoms with van der Waals surface area (Å²) in [4.78, 5) is 24.8. The number of aromatic nitrogens is 2. The number of hydrogen-bond donors (Lipinski definition) is 1. The van der Waals surface area contributed by atoms with Crippen LogP contribution in [-0.4, -0.2) is 69.4 Å². The van der Waals surface area contributed by atoms with Crippen LogP contribution in [0.3, 0.4) is 0 Å². The van der Waals surface area contributed by atoms with Crippen LogP contribution >= 0.6 is 41.1 Å². The fourth-order valence-electron chi connectivity index (χ4n) is 6.27. The van der Waals surface area contributed by atoms with Crippen molar-refractivity contribution in [3.63, 3.8) is 0 Å². The standard InChI is InChI=1S/C25H36BFIN3O2P2/c1-23(28)14-31(13-18(23)34)22(32)24(8-10-33-11-9-24)16-2-3-17-21(20(16)26)30-19(29-17)12-15-4-6-25(27,35)7-5-15/h2-3,15,18H,4-14,26,34-35H2,1H3,(H,29,30). The van der Waals surface area contributed by atoms with E-state index in [1.807, 2.05) is 0 Å². The predicted molar refractivity (Wildman–Crippen MR) is 158 cm³/mol. The number of alkyl halides is 2. The molecule has 5 rings (SSSR count). The lowest BCUT2D eigenvalue weighted by atomic mass is 9.68. The van der Waals surface area contributed by atoms with Gasteiger partial charge >= 0.3 is 0 Å². The molecule has 35 heavy (non-hydrogen) atoms. The predicted octanol–water partition coefficient (Wildman–Crippen LogP) is 3.42. The summed E-state index contributed by atoms with van der Waals surface area (Å²) in [6.07, 6.45) is 5.23. The summed E-state index contributed by atoms with van der Waals surface area (Å²) in [6, 6.07) is 4.24. The Morgan fingerprint density at radius 1 is 1.31 bits per heavy atom. The second-order valence-electron chi connectivity index (χ2n) is 11.3. The molecule has 3 aliphatic rings. The van der Waals surface area contributed by atoms with Crippen molar-refractivity contribution in [1.29, 1.82) is 0 Å². The number of amides is 1. The Morgan fingerprint density at radius 2 is 2.00 bits per heavy atom. The maximum absolute atomic E-state index is 14.2. The number of rotatable bonds is 4. The van der Waals surface area contributed by atoms with E-state index in [0.717, 1.165) is 60.2 Å². The molecule has 3 heterocycles. The minimum atomic E-state index is -1.10. The van der Waals surface area contributed by atoms with E-state index >= 15 is 0 Å². The van der Waals surface area contributed by atoms with Crippen LogP contribution in [-0.2, 0) is 21.4 Å². The van der Waals surface area contributed by atoms with Gasteiger partial charge in [-0.1, -0.05) is 43.4 Å². The Bertz CT molecular complexity index is 1110. The van der Waals surface area contributed by atoms with Crippen molar-refractivity contribution < 1.29 is 13.9 Å². The fourth-order valence-corrected chi connectivity index (χ4v) is 7.57. The maximum atomic E-state index is 14.2. The average Bonchev–Trinajstić information content (AvgIpc) is 3.35. The van der Waals surface area contributed by atoms with Gasteiger partial charge in [-0.25, -0.2) is 9.37 Å². The average molecular weight is 629 g/mol. The number of nitrogens with one attached hydrogen (secondary N) is 1. The molecule has 1 saturated carbocycles. The molecule has 2 aromatic rings. The molecule has 5 nitrogen and oxygen atoms in total. The molecule has 1 aromatic carbocycles. The summed E-state index contributed by atoms with van der Waals surface area (Å²) in [6.45, 7) is 4.98. The van der Waals surface area contributed by atoms with Crippen LogP contribution in [0.15, 0.2) is 12.1 Å². The number of imidazole rings is 1. The summed E-state index contributed by atoms with van der Waals surface area (Å²) >= 11 is 2.50. The number of aromatic amines is 1. The molecule has 1 aliphatic carbocycles. The van der Waals surface area contributed by atoms with E-state index < -0.39 is 10.8 Å². The van der Waals surface area contributed by atoms with Crippen molar-refractivity contribution in [3.05, 3.63) is 23.5 Å². The van der Waals surface area contributed by atoms with Crippen LogP contribution in [0.5, 0.6) is 0 Å². The highest BCUT2D eigenvalue weighted by atomic mass is 127. The summed E-state index contributed by atoms with van der Waals surface area (Å²) in [5, 5.41) is -1.10. The molecule has 2 saturated heterocycles. The van der Waals surface area contributed by atoms with E-state index in [1.54, 1.807) is 0 Å². The highest BCUT2D eigenvalue weighted by molar-refractivity contribution is 14.1. The second kappa shape index (κ2) is 9.78. The Labute approximate surface area is 226 Å². The number of benzene rings is 1. The molecule has 0 spiro atoms. The number of carbonyl (C=O) groups is 1. The normalized spacial score (nSPS) is 33.3. The zero-order valence-corrected chi connectivity index (χ0v) is 25.2. The van der Waals surface area contributed by atoms with Crippen LogP contribution in [0.2, 0.25) is 0 Å². The number of halogens is 2. The van der Waals surface area contributed by atoms with E-state index in [4.69, 9.17) is 9.72 Å². The largest absolute Gasteiger partial charge is 0.381 e. The van der Waals surface area contributed by atoms with Crippen molar-refractivity contribution in [2.24, 2.45) is 5.92 Å². The number of nitrogens with zero attached hydrogens (tertiary/aromatic N) is 2. The third-order valence-corrected chi connectivity index (χ3v) is 12.0. The van der Waals surface area contributed by atoms with Crippen molar-refractivity contribution in [3.8, 4) is 0 Å². The van der Waals surface area contributed by atoms with Crippen molar-refractivity contribution in [1.82, 2.24) is 14.9 Å². The number of fused-ring (bicyclic) bond motifs is 1. The Balaban J connectivity index is 1.45. The van der Waals surface area contributed by atoms with E-state index in [-0.39, 0.29) is 9.33 Å². The minimum absolute atomic E-state index is 0.0674. The van der Waals surface area contributed by atoms with Crippen LogP contribution in [0, 0.1) is 5.92 Å². The zero-order valence-electron chi connectivity index (χ0n) is 20.7. The smallest absolute Gasteiger partial charge is 0.233 e. The van der Waals surface area contributed by atoms with Gasteiger partial charge in [0.2, 0.25) is 5.91 Å². The van der Waals surface area contributed by atoms with Gasteiger partial charge in [0.05, 0.1) is 16.4 Å². The van der Waals surface area contributed by atoms with Gasteiger partial charge in [0.15, 0.2) is 0 Å². The summed E-state index contributed by atoms with van der Waals surface area (Å²) in [5.41, 5.74) is 3.99. The Kier molecular flexibility index (Phi) is 7.36. The quantitative estimate of drug-likeness (QED) is 0.244. The third-order valence-electron chi connectivity index (χ3n) is 8.62. The molecular weight excluding hydrogens is 593 g/mol. The molecule has 0 radical (unpaired) electrons. The van der Waals surface area contributed by atoms with E-state index in [9.17, 15) is 9.18 Å². The Hall–Kier alpha value is -0.295.